The number of imidazole rings is 1. The van der Waals surface area contributed by atoms with Gasteiger partial charge in [-0.15, -0.1) is 0 Å². The highest BCUT2D eigenvalue weighted by Gasteiger charge is 2.19. The Labute approximate surface area is 164 Å². The van der Waals surface area contributed by atoms with Crippen molar-refractivity contribution in [3.05, 3.63) is 81.4 Å². The maximum absolute atomic E-state index is 12.5. The van der Waals surface area contributed by atoms with Crippen LogP contribution in [0, 0.1) is 10.1 Å². The number of benzene rings is 2. The Morgan fingerprint density at radius 2 is 1.96 bits per heavy atom. The Bertz CT molecular complexity index is 1070. The minimum atomic E-state index is -0.571. The standard InChI is InChI=1S/C18H14ClN5O4/c1-20-18(26)13-9-12(3-4-14(13)19)22-17(25)11-2-5-15(16(8-11)24(27)28)23-7-6-21-10-23/h2-10H,1H3,(H,20,26)(H,22,25). The largest absolute Gasteiger partial charge is 0.355 e. The summed E-state index contributed by atoms with van der Waals surface area (Å²) in [6.45, 7) is 0. The summed E-state index contributed by atoms with van der Waals surface area (Å²) in [5.41, 5.74) is 0.657. The van der Waals surface area contributed by atoms with E-state index in [1.807, 2.05) is 0 Å². The molecule has 28 heavy (non-hydrogen) atoms. The normalized spacial score (nSPS) is 10.4. The van der Waals surface area contributed by atoms with Crippen molar-refractivity contribution < 1.29 is 14.5 Å². The fourth-order valence-electron chi connectivity index (χ4n) is 2.55. The maximum Gasteiger partial charge on any atom is 0.294 e. The van der Waals surface area contributed by atoms with E-state index in [1.54, 1.807) is 6.20 Å². The molecular formula is C18H14ClN5O4. The van der Waals surface area contributed by atoms with Gasteiger partial charge in [0.1, 0.15) is 5.69 Å². The summed E-state index contributed by atoms with van der Waals surface area (Å²) in [5.74, 6) is -0.966. The lowest BCUT2D eigenvalue weighted by molar-refractivity contribution is -0.384. The Hall–Kier alpha value is -3.72. The van der Waals surface area contributed by atoms with Crippen molar-refractivity contribution in [2.45, 2.75) is 0 Å². The number of nitrogens with one attached hydrogen (secondary N) is 2. The Kier molecular flexibility index (Phi) is 5.37. The second-order valence-corrected chi connectivity index (χ2v) is 6.07. The number of aromatic nitrogens is 2. The predicted molar refractivity (Wildman–Crippen MR) is 103 cm³/mol. The van der Waals surface area contributed by atoms with Crippen LogP contribution < -0.4 is 10.6 Å². The molecule has 0 spiro atoms. The zero-order valence-electron chi connectivity index (χ0n) is 14.5. The molecular weight excluding hydrogens is 386 g/mol. The van der Waals surface area contributed by atoms with E-state index in [1.165, 1.54) is 60.5 Å². The molecule has 10 heteroatoms. The predicted octanol–water partition coefficient (Wildman–Crippen LogP) is 3.05. The SMILES string of the molecule is CNC(=O)c1cc(NC(=O)c2ccc(-n3ccnc3)c([N+](=O)[O-])c2)ccc1Cl. The first-order valence-corrected chi connectivity index (χ1v) is 8.38. The topological polar surface area (TPSA) is 119 Å². The highest BCUT2D eigenvalue weighted by molar-refractivity contribution is 6.34. The van der Waals surface area contributed by atoms with E-state index < -0.39 is 16.7 Å². The molecule has 9 nitrogen and oxygen atoms in total. The first-order chi connectivity index (χ1) is 13.4. The number of halogens is 1. The van der Waals surface area contributed by atoms with Gasteiger partial charge in [-0.05, 0) is 30.3 Å². The van der Waals surface area contributed by atoms with Gasteiger partial charge in [0, 0.05) is 36.8 Å². The van der Waals surface area contributed by atoms with Gasteiger partial charge in [-0.25, -0.2) is 4.98 Å². The van der Waals surface area contributed by atoms with Crippen molar-refractivity contribution in [2.24, 2.45) is 0 Å². The van der Waals surface area contributed by atoms with E-state index in [9.17, 15) is 19.7 Å². The molecule has 2 N–H and O–H groups in total. The van der Waals surface area contributed by atoms with Crippen molar-refractivity contribution in [3.63, 3.8) is 0 Å². The summed E-state index contributed by atoms with van der Waals surface area (Å²) in [7, 11) is 1.46. The van der Waals surface area contributed by atoms with Crippen LogP contribution in [0.15, 0.2) is 55.1 Å². The van der Waals surface area contributed by atoms with E-state index in [4.69, 9.17) is 11.6 Å². The lowest BCUT2D eigenvalue weighted by Crippen LogP contribution is -2.19. The number of carbonyl (C=O) groups excluding carboxylic acids is 2. The van der Waals surface area contributed by atoms with Crippen LogP contribution in [-0.2, 0) is 0 Å². The molecule has 1 heterocycles. The van der Waals surface area contributed by atoms with Gasteiger partial charge in [0.15, 0.2) is 0 Å². The van der Waals surface area contributed by atoms with Crippen LogP contribution >= 0.6 is 11.6 Å². The fourth-order valence-corrected chi connectivity index (χ4v) is 2.75. The van der Waals surface area contributed by atoms with Crippen LogP contribution in [0.25, 0.3) is 5.69 Å². The van der Waals surface area contributed by atoms with Crippen LogP contribution in [0.5, 0.6) is 0 Å². The van der Waals surface area contributed by atoms with Gasteiger partial charge in [-0.1, -0.05) is 11.6 Å². The highest BCUT2D eigenvalue weighted by atomic mass is 35.5. The third-order valence-electron chi connectivity index (χ3n) is 3.91. The van der Waals surface area contributed by atoms with Crippen LogP contribution in [-0.4, -0.2) is 33.3 Å². The molecule has 0 bridgehead atoms. The number of rotatable bonds is 5. The molecule has 0 unspecified atom stereocenters. The van der Waals surface area contributed by atoms with Crippen LogP contribution in [0.3, 0.4) is 0 Å². The lowest BCUT2D eigenvalue weighted by Gasteiger charge is -2.10. The number of hydrogen-bond acceptors (Lipinski definition) is 5. The van der Waals surface area contributed by atoms with Crippen molar-refractivity contribution in [1.82, 2.24) is 14.9 Å². The van der Waals surface area contributed by atoms with Gasteiger partial charge in [0.25, 0.3) is 17.5 Å². The fraction of sp³-hybridized carbons (Fsp3) is 0.0556. The quantitative estimate of drug-likeness (QED) is 0.504. The lowest BCUT2D eigenvalue weighted by atomic mass is 10.1. The minimum absolute atomic E-state index is 0.0898. The molecule has 0 radical (unpaired) electrons. The first-order valence-electron chi connectivity index (χ1n) is 8.00. The molecule has 0 aliphatic heterocycles. The average Bonchev–Trinajstić information content (AvgIpc) is 3.23. The smallest absolute Gasteiger partial charge is 0.294 e. The van der Waals surface area contributed by atoms with E-state index in [2.05, 4.69) is 15.6 Å². The molecule has 3 aromatic rings. The number of anilines is 1. The summed E-state index contributed by atoms with van der Waals surface area (Å²) < 4.78 is 1.48. The van der Waals surface area contributed by atoms with E-state index in [0.717, 1.165) is 0 Å². The van der Waals surface area contributed by atoms with Gasteiger partial charge in [-0.3, -0.25) is 19.7 Å². The molecule has 0 atom stereocenters. The number of nitrogens with zero attached hydrogens (tertiary/aromatic N) is 3. The average molecular weight is 400 g/mol. The minimum Gasteiger partial charge on any atom is -0.355 e. The van der Waals surface area contributed by atoms with Crippen LogP contribution in [0.4, 0.5) is 11.4 Å². The summed E-state index contributed by atoms with van der Waals surface area (Å²) in [6.07, 6.45) is 4.49. The highest BCUT2D eigenvalue weighted by Crippen LogP contribution is 2.25. The number of carbonyl (C=O) groups is 2. The second kappa shape index (κ2) is 7.89. The Balaban J connectivity index is 1.90. The molecule has 2 amide bonds. The van der Waals surface area contributed by atoms with Crippen LogP contribution in [0.2, 0.25) is 5.02 Å². The number of nitro groups is 1. The van der Waals surface area contributed by atoms with E-state index in [0.29, 0.717) is 5.69 Å². The monoisotopic (exact) mass is 399 g/mol. The molecule has 0 saturated carbocycles. The molecule has 0 aliphatic carbocycles. The molecule has 0 fully saturated rings. The maximum atomic E-state index is 12.5. The number of nitro benzene ring substituents is 1. The summed E-state index contributed by atoms with van der Waals surface area (Å²) in [4.78, 5) is 39.1. The third-order valence-corrected chi connectivity index (χ3v) is 4.24. The van der Waals surface area contributed by atoms with Gasteiger partial charge >= 0.3 is 0 Å². The van der Waals surface area contributed by atoms with Gasteiger partial charge in [-0.2, -0.15) is 0 Å². The molecule has 0 saturated heterocycles. The first kappa shape index (κ1) is 19.1. The molecule has 142 valence electrons. The summed E-state index contributed by atoms with van der Waals surface area (Å²) >= 11 is 5.99. The van der Waals surface area contributed by atoms with E-state index in [-0.39, 0.29) is 27.5 Å². The van der Waals surface area contributed by atoms with Gasteiger partial charge in [0.2, 0.25) is 0 Å². The van der Waals surface area contributed by atoms with Crippen LogP contribution in [0.1, 0.15) is 20.7 Å². The molecule has 0 aliphatic rings. The van der Waals surface area contributed by atoms with Crippen molar-refractivity contribution in [3.8, 4) is 5.69 Å². The molecule has 2 aromatic carbocycles. The van der Waals surface area contributed by atoms with Crippen molar-refractivity contribution in [2.75, 3.05) is 12.4 Å². The zero-order chi connectivity index (χ0) is 20.3. The second-order valence-electron chi connectivity index (χ2n) is 5.66. The number of hydrogen-bond donors (Lipinski definition) is 2. The summed E-state index contributed by atoms with van der Waals surface area (Å²) in [6, 6.07) is 8.54. The van der Waals surface area contributed by atoms with Crippen molar-refractivity contribution in [1.29, 1.82) is 0 Å². The number of amides is 2. The molecule has 3 rings (SSSR count). The zero-order valence-corrected chi connectivity index (χ0v) is 15.3. The van der Waals surface area contributed by atoms with E-state index >= 15 is 0 Å². The summed E-state index contributed by atoms with van der Waals surface area (Å²) in [5, 5.41) is 16.7. The van der Waals surface area contributed by atoms with Gasteiger partial charge < -0.3 is 15.2 Å². The Morgan fingerprint density at radius 3 is 2.61 bits per heavy atom. The Morgan fingerprint density at radius 1 is 1.18 bits per heavy atom. The van der Waals surface area contributed by atoms with Crippen molar-refractivity contribution >= 4 is 34.8 Å². The molecule has 1 aromatic heterocycles. The van der Waals surface area contributed by atoms with Gasteiger partial charge in [0.05, 0.1) is 21.8 Å². The third kappa shape index (κ3) is 3.84.